The lowest BCUT2D eigenvalue weighted by molar-refractivity contribution is 0.789. The Labute approximate surface area is 129 Å². The van der Waals surface area contributed by atoms with E-state index in [0.717, 1.165) is 60.9 Å². The minimum Gasteiger partial charge on any atom is -0.355 e. The second kappa shape index (κ2) is 5.93. The van der Waals surface area contributed by atoms with Crippen LogP contribution in [0.1, 0.15) is 23.8 Å². The van der Waals surface area contributed by atoms with Gasteiger partial charge in [0.15, 0.2) is 0 Å². The molecule has 0 spiro atoms. The molecule has 0 bridgehead atoms. The molecule has 6 nitrogen and oxygen atoms in total. The number of aromatic nitrogens is 4. The molecule has 0 amide bonds. The van der Waals surface area contributed by atoms with Crippen molar-refractivity contribution >= 4 is 22.5 Å². The van der Waals surface area contributed by atoms with Gasteiger partial charge < -0.3 is 9.80 Å². The van der Waals surface area contributed by atoms with Crippen LogP contribution in [0.4, 0.5) is 10.9 Å². The standard InChI is InChI=1S/C14H20N6S/c1-10-9-13(16-11(2)15-10)19-5-4-6-20(8-7-19)14-17-12(3)18-21-14/h9H,4-8H2,1-3H3. The minimum atomic E-state index is 0.839. The minimum absolute atomic E-state index is 0.839. The summed E-state index contributed by atoms with van der Waals surface area (Å²) in [6.45, 7) is 9.86. The molecule has 7 heteroatoms. The van der Waals surface area contributed by atoms with E-state index in [1.54, 1.807) is 0 Å². The van der Waals surface area contributed by atoms with Gasteiger partial charge in [0.1, 0.15) is 17.5 Å². The van der Waals surface area contributed by atoms with Gasteiger partial charge in [-0.15, -0.1) is 0 Å². The lowest BCUT2D eigenvalue weighted by Gasteiger charge is -2.22. The van der Waals surface area contributed by atoms with Gasteiger partial charge in [-0.1, -0.05) is 0 Å². The summed E-state index contributed by atoms with van der Waals surface area (Å²) in [5.41, 5.74) is 1.03. The van der Waals surface area contributed by atoms with Crippen molar-refractivity contribution in [3.63, 3.8) is 0 Å². The van der Waals surface area contributed by atoms with Crippen LogP contribution in [0.3, 0.4) is 0 Å². The number of aryl methyl sites for hydroxylation is 3. The first-order chi connectivity index (χ1) is 10.1. The van der Waals surface area contributed by atoms with Crippen LogP contribution in [0, 0.1) is 20.8 Å². The van der Waals surface area contributed by atoms with E-state index < -0.39 is 0 Å². The number of hydrogen-bond acceptors (Lipinski definition) is 7. The molecule has 3 rings (SSSR count). The van der Waals surface area contributed by atoms with E-state index in [-0.39, 0.29) is 0 Å². The fraction of sp³-hybridized carbons (Fsp3) is 0.571. The van der Waals surface area contributed by atoms with Gasteiger partial charge >= 0.3 is 0 Å². The summed E-state index contributed by atoms with van der Waals surface area (Å²) >= 11 is 1.49. The van der Waals surface area contributed by atoms with Crippen LogP contribution >= 0.6 is 11.5 Å². The van der Waals surface area contributed by atoms with Crippen molar-refractivity contribution in [1.29, 1.82) is 0 Å². The zero-order valence-electron chi connectivity index (χ0n) is 12.7. The molecule has 0 atom stereocenters. The Kier molecular flexibility index (Phi) is 4.01. The van der Waals surface area contributed by atoms with Crippen molar-refractivity contribution in [2.75, 3.05) is 36.0 Å². The molecule has 0 aromatic carbocycles. The molecule has 0 saturated carbocycles. The van der Waals surface area contributed by atoms with Crippen molar-refractivity contribution in [3.05, 3.63) is 23.4 Å². The molecule has 0 aliphatic carbocycles. The van der Waals surface area contributed by atoms with Gasteiger partial charge in [-0.3, -0.25) is 0 Å². The molecular weight excluding hydrogens is 284 g/mol. The lowest BCUT2D eigenvalue weighted by atomic mass is 10.3. The third-order valence-corrected chi connectivity index (χ3v) is 4.43. The molecule has 1 aliphatic heterocycles. The maximum Gasteiger partial charge on any atom is 0.205 e. The Morgan fingerprint density at radius 2 is 1.67 bits per heavy atom. The van der Waals surface area contributed by atoms with Crippen LogP contribution in [0.2, 0.25) is 0 Å². The van der Waals surface area contributed by atoms with Crippen LogP contribution in [-0.2, 0) is 0 Å². The van der Waals surface area contributed by atoms with Crippen molar-refractivity contribution in [2.45, 2.75) is 27.2 Å². The normalized spacial score (nSPS) is 16.1. The van der Waals surface area contributed by atoms with Gasteiger partial charge in [-0.25, -0.2) is 15.0 Å². The average Bonchev–Trinajstić information content (AvgIpc) is 2.72. The third kappa shape index (κ3) is 3.29. The molecule has 1 fully saturated rings. The second-order valence-electron chi connectivity index (χ2n) is 5.37. The SMILES string of the molecule is Cc1cc(N2CCCN(c3nc(C)ns3)CC2)nc(C)n1. The summed E-state index contributed by atoms with van der Waals surface area (Å²) in [6, 6.07) is 2.07. The number of nitrogens with zero attached hydrogens (tertiary/aromatic N) is 6. The van der Waals surface area contributed by atoms with Crippen molar-refractivity contribution in [2.24, 2.45) is 0 Å². The second-order valence-corrected chi connectivity index (χ2v) is 6.10. The Morgan fingerprint density at radius 3 is 2.38 bits per heavy atom. The molecule has 21 heavy (non-hydrogen) atoms. The number of hydrogen-bond donors (Lipinski definition) is 0. The smallest absolute Gasteiger partial charge is 0.205 e. The fourth-order valence-corrected chi connectivity index (χ4v) is 3.34. The highest BCUT2D eigenvalue weighted by Gasteiger charge is 2.19. The maximum atomic E-state index is 4.57. The van der Waals surface area contributed by atoms with Crippen LogP contribution in [-0.4, -0.2) is 45.5 Å². The third-order valence-electron chi connectivity index (χ3n) is 3.56. The highest BCUT2D eigenvalue weighted by molar-refractivity contribution is 7.09. The van der Waals surface area contributed by atoms with E-state index in [2.05, 4.69) is 35.2 Å². The summed E-state index contributed by atoms with van der Waals surface area (Å²) in [7, 11) is 0. The zero-order chi connectivity index (χ0) is 14.8. The first kappa shape index (κ1) is 14.2. The highest BCUT2D eigenvalue weighted by Crippen LogP contribution is 2.21. The van der Waals surface area contributed by atoms with Gasteiger partial charge in [0, 0.05) is 49.5 Å². The Bertz CT molecular complexity index is 605. The van der Waals surface area contributed by atoms with E-state index in [9.17, 15) is 0 Å². The average molecular weight is 304 g/mol. The van der Waals surface area contributed by atoms with Crippen molar-refractivity contribution in [1.82, 2.24) is 19.3 Å². The molecule has 0 radical (unpaired) electrons. The Morgan fingerprint density at radius 1 is 0.905 bits per heavy atom. The summed E-state index contributed by atoms with van der Waals surface area (Å²) in [6.07, 6.45) is 1.10. The monoisotopic (exact) mass is 304 g/mol. The van der Waals surface area contributed by atoms with E-state index >= 15 is 0 Å². The first-order valence-corrected chi connectivity index (χ1v) is 8.01. The number of anilines is 2. The Balaban J connectivity index is 1.73. The molecule has 2 aromatic heterocycles. The summed E-state index contributed by atoms with van der Waals surface area (Å²) in [5, 5.41) is 1.03. The van der Waals surface area contributed by atoms with E-state index in [1.807, 2.05) is 20.8 Å². The molecule has 0 N–H and O–H groups in total. The first-order valence-electron chi connectivity index (χ1n) is 7.24. The molecule has 0 unspecified atom stereocenters. The van der Waals surface area contributed by atoms with Gasteiger partial charge in [0.25, 0.3) is 0 Å². The summed E-state index contributed by atoms with van der Waals surface area (Å²) in [4.78, 5) is 18.1. The predicted octanol–water partition coefficient (Wildman–Crippen LogP) is 1.97. The van der Waals surface area contributed by atoms with Crippen LogP contribution in [0.5, 0.6) is 0 Å². The van der Waals surface area contributed by atoms with Crippen LogP contribution < -0.4 is 9.80 Å². The van der Waals surface area contributed by atoms with Gasteiger partial charge in [-0.2, -0.15) is 4.37 Å². The molecule has 112 valence electrons. The summed E-state index contributed by atoms with van der Waals surface area (Å²) in [5.74, 6) is 2.74. The van der Waals surface area contributed by atoms with Crippen molar-refractivity contribution < 1.29 is 0 Å². The predicted molar refractivity (Wildman–Crippen MR) is 85.2 cm³/mol. The van der Waals surface area contributed by atoms with E-state index in [1.165, 1.54) is 11.5 Å². The lowest BCUT2D eigenvalue weighted by Crippen LogP contribution is -2.31. The highest BCUT2D eigenvalue weighted by atomic mass is 32.1. The fourth-order valence-electron chi connectivity index (χ4n) is 2.61. The quantitative estimate of drug-likeness (QED) is 0.845. The maximum absolute atomic E-state index is 4.57. The van der Waals surface area contributed by atoms with E-state index in [4.69, 9.17) is 0 Å². The van der Waals surface area contributed by atoms with Crippen LogP contribution in [0.15, 0.2) is 6.07 Å². The molecule has 3 heterocycles. The largest absolute Gasteiger partial charge is 0.355 e. The molecule has 2 aromatic rings. The summed E-state index contributed by atoms with van der Waals surface area (Å²) < 4.78 is 4.28. The molecular formula is C14H20N6S. The number of rotatable bonds is 2. The van der Waals surface area contributed by atoms with E-state index in [0.29, 0.717) is 0 Å². The van der Waals surface area contributed by atoms with Crippen LogP contribution in [0.25, 0.3) is 0 Å². The van der Waals surface area contributed by atoms with Gasteiger partial charge in [-0.05, 0) is 27.2 Å². The topological polar surface area (TPSA) is 58.0 Å². The molecule has 1 aliphatic rings. The van der Waals surface area contributed by atoms with Crippen molar-refractivity contribution in [3.8, 4) is 0 Å². The molecule has 1 saturated heterocycles. The Hall–Kier alpha value is -1.76. The van der Waals surface area contributed by atoms with Gasteiger partial charge in [0.05, 0.1) is 0 Å². The zero-order valence-corrected chi connectivity index (χ0v) is 13.5. The van der Waals surface area contributed by atoms with Gasteiger partial charge in [0.2, 0.25) is 5.13 Å².